The molecular formula is C22H26Cl3N3O5S. The van der Waals surface area contributed by atoms with Crippen LogP contribution in [-0.4, -0.2) is 58.1 Å². The van der Waals surface area contributed by atoms with Gasteiger partial charge in [0.05, 0.1) is 34.1 Å². The molecule has 0 saturated carbocycles. The predicted octanol–water partition coefficient (Wildman–Crippen LogP) is 3.97. The predicted molar refractivity (Wildman–Crippen MR) is 135 cm³/mol. The molecule has 12 heteroatoms. The Hall–Kier alpha value is -2.20. The molecular weight excluding hydrogens is 525 g/mol. The SMILES string of the molecule is CC[C@H](C(=O)NC)N(Cc1ccc(OC)cc1)C(=O)CN(c1cc(Cl)c(Cl)cc1Cl)S(C)(=O)=O. The summed E-state index contributed by atoms with van der Waals surface area (Å²) in [5.74, 6) is -0.334. The van der Waals surface area contributed by atoms with Gasteiger partial charge in [-0.15, -0.1) is 0 Å². The van der Waals surface area contributed by atoms with Crippen molar-refractivity contribution >= 4 is 62.3 Å². The number of amides is 2. The van der Waals surface area contributed by atoms with Crippen LogP contribution in [-0.2, 0) is 26.2 Å². The number of anilines is 1. The van der Waals surface area contributed by atoms with E-state index in [4.69, 9.17) is 39.5 Å². The second kappa shape index (κ2) is 12.0. The van der Waals surface area contributed by atoms with Crippen molar-refractivity contribution in [1.29, 1.82) is 0 Å². The van der Waals surface area contributed by atoms with E-state index in [1.54, 1.807) is 31.2 Å². The minimum Gasteiger partial charge on any atom is -0.497 e. The van der Waals surface area contributed by atoms with Gasteiger partial charge in [-0.2, -0.15) is 0 Å². The van der Waals surface area contributed by atoms with Gasteiger partial charge in [-0.1, -0.05) is 53.9 Å². The van der Waals surface area contributed by atoms with Crippen molar-refractivity contribution in [3.63, 3.8) is 0 Å². The number of carbonyl (C=O) groups is 2. The zero-order valence-electron chi connectivity index (χ0n) is 19.1. The lowest BCUT2D eigenvalue weighted by Gasteiger charge is -2.32. The lowest BCUT2D eigenvalue weighted by atomic mass is 10.1. The van der Waals surface area contributed by atoms with Crippen molar-refractivity contribution in [2.24, 2.45) is 0 Å². The van der Waals surface area contributed by atoms with Crippen LogP contribution in [0.15, 0.2) is 36.4 Å². The minimum absolute atomic E-state index is 0.00399. The smallest absolute Gasteiger partial charge is 0.244 e. The molecule has 0 spiro atoms. The van der Waals surface area contributed by atoms with E-state index in [9.17, 15) is 18.0 Å². The third-order valence-electron chi connectivity index (χ3n) is 5.08. The molecule has 0 aliphatic rings. The molecule has 0 aromatic heterocycles. The summed E-state index contributed by atoms with van der Waals surface area (Å²) in [6.45, 7) is 1.24. The van der Waals surface area contributed by atoms with Crippen LogP contribution in [0.1, 0.15) is 18.9 Å². The van der Waals surface area contributed by atoms with Crippen LogP contribution in [0.4, 0.5) is 5.69 Å². The van der Waals surface area contributed by atoms with E-state index in [2.05, 4.69) is 5.32 Å². The van der Waals surface area contributed by atoms with E-state index in [1.165, 1.54) is 31.2 Å². The Labute approximate surface area is 214 Å². The van der Waals surface area contributed by atoms with Gasteiger partial charge in [-0.25, -0.2) is 8.42 Å². The normalized spacial score (nSPS) is 12.1. The van der Waals surface area contributed by atoms with Crippen molar-refractivity contribution in [2.75, 3.05) is 31.3 Å². The molecule has 2 rings (SSSR count). The Morgan fingerprint density at radius 2 is 1.65 bits per heavy atom. The number of halogens is 3. The van der Waals surface area contributed by atoms with Crippen LogP contribution in [0.2, 0.25) is 15.1 Å². The lowest BCUT2D eigenvalue weighted by molar-refractivity contribution is -0.140. The summed E-state index contributed by atoms with van der Waals surface area (Å²) in [6.07, 6.45) is 1.26. The number of benzene rings is 2. The molecule has 2 amide bonds. The molecule has 0 aliphatic carbocycles. The zero-order valence-corrected chi connectivity index (χ0v) is 22.2. The van der Waals surface area contributed by atoms with Gasteiger partial charge in [0, 0.05) is 13.6 Å². The highest BCUT2D eigenvalue weighted by Crippen LogP contribution is 2.35. The molecule has 0 aliphatic heterocycles. The molecule has 0 fully saturated rings. The van der Waals surface area contributed by atoms with Crippen molar-refractivity contribution in [3.8, 4) is 5.75 Å². The van der Waals surface area contributed by atoms with E-state index in [-0.39, 0.29) is 33.2 Å². The Morgan fingerprint density at radius 3 is 2.15 bits per heavy atom. The van der Waals surface area contributed by atoms with Crippen LogP contribution in [0.3, 0.4) is 0 Å². The van der Waals surface area contributed by atoms with Gasteiger partial charge < -0.3 is 15.0 Å². The fourth-order valence-electron chi connectivity index (χ4n) is 3.31. The minimum atomic E-state index is -3.96. The van der Waals surface area contributed by atoms with Crippen molar-refractivity contribution in [3.05, 3.63) is 57.0 Å². The first-order chi connectivity index (χ1) is 15.9. The number of likely N-dealkylation sites (N-methyl/N-ethyl adjacent to an activating group) is 1. The molecule has 1 N–H and O–H groups in total. The molecule has 0 bridgehead atoms. The van der Waals surface area contributed by atoms with Crippen LogP contribution in [0, 0.1) is 0 Å². The summed E-state index contributed by atoms with van der Waals surface area (Å²) in [4.78, 5) is 27.4. The second-order valence-electron chi connectivity index (χ2n) is 7.40. The lowest BCUT2D eigenvalue weighted by Crippen LogP contribution is -2.51. The average molecular weight is 551 g/mol. The summed E-state index contributed by atoms with van der Waals surface area (Å²) in [6, 6.07) is 8.75. The first-order valence-corrected chi connectivity index (χ1v) is 13.2. The maximum Gasteiger partial charge on any atom is 0.244 e. The van der Waals surface area contributed by atoms with E-state index in [1.807, 2.05) is 0 Å². The van der Waals surface area contributed by atoms with Crippen molar-refractivity contribution in [2.45, 2.75) is 25.9 Å². The molecule has 0 heterocycles. The third-order valence-corrected chi connectivity index (χ3v) is 7.23. The summed E-state index contributed by atoms with van der Waals surface area (Å²) < 4.78 is 31.3. The van der Waals surface area contributed by atoms with Crippen LogP contribution in [0.25, 0.3) is 0 Å². The molecule has 0 radical (unpaired) electrons. The molecule has 2 aromatic carbocycles. The first-order valence-electron chi connectivity index (χ1n) is 10.2. The maximum absolute atomic E-state index is 13.5. The van der Waals surface area contributed by atoms with Gasteiger partial charge >= 0.3 is 0 Å². The van der Waals surface area contributed by atoms with E-state index < -0.39 is 28.5 Å². The number of methoxy groups -OCH3 is 1. The standard InChI is InChI=1S/C22H26Cl3N3O5S/c1-5-19(22(30)26-2)27(12-14-6-8-15(33-3)9-7-14)21(29)13-28(34(4,31)32)20-11-17(24)16(23)10-18(20)25/h6-11,19H,5,12-13H2,1-4H3,(H,26,30)/t19-/m1/s1. The number of nitrogens with zero attached hydrogens (tertiary/aromatic N) is 2. The molecule has 0 unspecified atom stereocenters. The highest BCUT2D eigenvalue weighted by atomic mass is 35.5. The number of ether oxygens (including phenoxy) is 1. The Balaban J connectivity index is 2.48. The summed E-state index contributed by atoms with van der Waals surface area (Å²) >= 11 is 18.3. The van der Waals surface area contributed by atoms with E-state index >= 15 is 0 Å². The number of sulfonamides is 1. The quantitative estimate of drug-likeness (QED) is 0.452. The number of carbonyl (C=O) groups excluding carboxylic acids is 2. The van der Waals surface area contributed by atoms with Gasteiger partial charge in [0.25, 0.3) is 0 Å². The van der Waals surface area contributed by atoms with Crippen LogP contribution >= 0.6 is 34.8 Å². The highest BCUT2D eigenvalue weighted by Gasteiger charge is 2.32. The highest BCUT2D eigenvalue weighted by molar-refractivity contribution is 7.92. The summed E-state index contributed by atoms with van der Waals surface area (Å²) in [7, 11) is -0.945. The third kappa shape index (κ3) is 6.91. The van der Waals surface area contributed by atoms with Crippen molar-refractivity contribution in [1.82, 2.24) is 10.2 Å². The Kier molecular flexibility index (Phi) is 9.87. The van der Waals surface area contributed by atoms with E-state index in [0.717, 1.165) is 16.1 Å². The van der Waals surface area contributed by atoms with E-state index in [0.29, 0.717) is 12.2 Å². The fourth-order valence-corrected chi connectivity index (χ4v) is 4.86. The topological polar surface area (TPSA) is 96.0 Å². The van der Waals surface area contributed by atoms with Gasteiger partial charge in [0.2, 0.25) is 21.8 Å². The molecule has 1 atom stereocenters. The van der Waals surface area contributed by atoms with Crippen LogP contribution < -0.4 is 14.4 Å². The van der Waals surface area contributed by atoms with Gasteiger partial charge in [0.1, 0.15) is 18.3 Å². The number of hydrogen-bond acceptors (Lipinski definition) is 5. The van der Waals surface area contributed by atoms with Gasteiger partial charge in [-0.3, -0.25) is 13.9 Å². The zero-order chi connectivity index (χ0) is 25.6. The Morgan fingerprint density at radius 1 is 1.06 bits per heavy atom. The summed E-state index contributed by atoms with van der Waals surface area (Å²) in [5.41, 5.74) is 0.735. The van der Waals surface area contributed by atoms with Crippen LogP contribution in [0.5, 0.6) is 5.75 Å². The average Bonchev–Trinajstić information content (AvgIpc) is 2.79. The fraction of sp³-hybridized carbons (Fsp3) is 0.364. The largest absolute Gasteiger partial charge is 0.497 e. The molecule has 2 aromatic rings. The second-order valence-corrected chi connectivity index (χ2v) is 10.5. The first kappa shape index (κ1) is 28.0. The molecule has 8 nitrogen and oxygen atoms in total. The van der Waals surface area contributed by atoms with Gasteiger partial charge in [-0.05, 0) is 36.2 Å². The number of rotatable bonds is 10. The van der Waals surface area contributed by atoms with Crippen molar-refractivity contribution < 1.29 is 22.7 Å². The molecule has 186 valence electrons. The summed E-state index contributed by atoms with van der Waals surface area (Å²) in [5, 5.41) is 2.78. The Bertz CT molecular complexity index is 1140. The maximum atomic E-state index is 13.5. The number of hydrogen-bond donors (Lipinski definition) is 1. The monoisotopic (exact) mass is 549 g/mol. The van der Waals surface area contributed by atoms with Gasteiger partial charge in [0.15, 0.2) is 0 Å². The molecule has 34 heavy (non-hydrogen) atoms. The molecule has 0 saturated heterocycles. The number of nitrogens with one attached hydrogen (secondary N) is 1.